The lowest BCUT2D eigenvalue weighted by Crippen LogP contribution is -2.48. The van der Waals surface area contributed by atoms with Crippen LogP contribution in [-0.4, -0.2) is 86.2 Å². The summed E-state index contributed by atoms with van der Waals surface area (Å²) in [5, 5.41) is 5.21. The highest BCUT2D eigenvalue weighted by molar-refractivity contribution is 7.09. The van der Waals surface area contributed by atoms with Crippen LogP contribution in [0.2, 0.25) is 0 Å². The molecule has 2 atom stereocenters. The Balaban J connectivity index is 1.40. The second-order valence-electron chi connectivity index (χ2n) is 8.63. The molecule has 4 rings (SSSR count). The van der Waals surface area contributed by atoms with Crippen LogP contribution in [0.25, 0.3) is 0 Å². The number of thiophene rings is 1. The van der Waals surface area contributed by atoms with E-state index in [1.165, 1.54) is 4.88 Å². The fourth-order valence-electron chi connectivity index (χ4n) is 5.16. The summed E-state index contributed by atoms with van der Waals surface area (Å²) in [6.07, 6.45) is 2.85. The Morgan fingerprint density at radius 1 is 1.21 bits per heavy atom. The van der Waals surface area contributed by atoms with Crippen molar-refractivity contribution in [1.29, 1.82) is 0 Å². The summed E-state index contributed by atoms with van der Waals surface area (Å²) in [6, 6.07) is 4.21. The number of morpholine rings is 1. The zero-order valence-corrected chi connectivity index (χ0v) is 18.1. The molecule has 3 saturated heterocycles. The molecule has 3 aliphatic rings. The Morgan fingerprint density at radius 3 is 2.76 bits per heavy atom. The second-order valence-corrected chi connectivity index (χ2v) is 9.66. The first-order valence-electron chi connectivity index (χ1n) is 10.7. The van der Waals surface area contributed by atoms with Crippen LogP contribution in [-0.2, 0) is 16.1 Å². The van der Waals surface area contributed by atoms with Gasteiger partial charge >= 0.3 is 6.03 Å². The maximum atomic E-state index is 13.1. The summed E-state index contributed by atoms with van der Waals surface area (Å²) in [4.78, 5) is 33.4. The van der Waals surface area contributed by atoms with E-state index < -0.39 is 0 Å². The number of likely N-dealkylation sites (tertiary alicyclic amines) is 2. The predicted molar refractivity (Wildman–Crippen MR) is 113 cm³/mol. The predicted octanol–water partition coefficient (Wildman–Crippen LogP) is 1.85. The number of carbonyl (C=O) groups excluding carboxylic acids is 2. The number of nitrogens with one attached hydrogen (secondary N) is 1. The first-order valence-corrected chi connectivity index (χ1v) is 11.6. The van der Waals surface area contributed by atoms with Crippen LogP contribution in [0.15, 0.2) is 17.5 Å². The van der Waals surface area contributed by atoms with Crippen LogP contribution in [0, 0.1) is 11.3 Å². The topological polar surface area (TPSA) is 65.1 Å². The fraction of sp³-hybridized carbons (Fsp3) is 0.714. The molecule has 3 aliphatic heterocycles. The van der Waals surface area contributed by atoms with Crippen LogP contribution < -0.4 is 5.32 Å². The van der Waals surface area contributed by atoms with Gasteiger partial charge in [0.1, 0.15) is 0 Å². The average molecular weight is 421 g/mol. The van der Waals surface area contributed by atoms with E-state index in [4.69, 9.17) is 4.74 Å². The molecule has 4 heterocycles. The Morgan fingerprint density at radius 2 is 2.00 bits per heavy atom. The van der Waals surface area contributed by atoms with E-state index in [9.17, 15) is 9.59 Å². The molecule has 1 aromatic heterocycles. The highest BCUT2D eigenvalue weighted by Crippen LogP contribution is 2.44. The van der Waals surface area contributed by atoms with E-state index in [0.29, 0.717) is 32.8 Å². The third-order valence-electron chi connectivity index (χ3n) is 6.69. The zero-order valence-electron chi connectivity index (χ0n) is 17.3. The molecule has 0 aromatic carbocycles. The molecule has 0 bridgehead atoms. The third kappa shape index (κ3) is 4.59. The second kappa shape index (κ2) is 9.02. The van der Waals surface area contributed by atoms with Gasteiger partial charge in [-0.3, -0.25) is 4.79 Å². The van der Waals surface area contributed by atoms with Crippen LogP contribution in [0.1, 0.15) is 24.1 Å². The highest BCUT2D eigenvalue weighted by atomic mass is 32.1. The molecule has 160 valence electrons. The van der Waals surface area contributed by atoms with Gasteiger partial charge in [-0.2, -0.15) is 0 Å². The number of hydrogen-bond acceptors (Lipinski definition) is 5. The van der Waals surface area contributed by atoms with Gasteiger partial charge in [-0.15, -0.1) is 11.3 Å². The Hall–Kier alpha value is -1.64. The van der Waals surface area contributed by atoms with E-state index in [2.05, 4.69) is 23.3 Å². The summed E-state index contributed by atoms with van der Waals surface area (Å²) < 4.78 is 5.38. The first kappa shape index (κ1) is 20.6. The zero-order chi connectivity index (χ0) is 20.3. The van der Waals surface area contributed by atoms with E-state index in [1.807, 2.05) is 21.2 Å². The summed E-state index contributed by atoms with van der Waals surface area (Å²) in [7, 11) is 2.11. The Bertz CT molecular complexity index is 707. The molecule has 1 aromatic rings. The van der Waals surface area contributed by atoms with Crippen LogP contribution in [0.5, 0.6) is 0 Å². The highest BCUT2D eigenvalue weighted by Gasteiger charge is 2.49. The van der Waals surface area contributed by atoms with Gasteiger partial charge in [0.15, 0.2) is 0 Å². The van der Waals surface area contributed by atoms with Gasteiger partial charge < -0.3 is 24.8 Å². The SMILES string of the molecule is CN1C[C@@H](C(=O)NCc2cccs2)[C@]2(CCCN(C(=O)N3CCOCC3)CC2)C1. The van der Waals surface area contributed by atoms with Crippen molar-refractivity contribution in [3.63, 3.8) is 0 Å². The Kier molecular flexibility index (Phi) is 6.41. The van der Waals surface area contributed by atoms with Crippen molar-refractivity contribution in [3.05, 3.63) is 22.4 Å². The molecular formula is C21H32N4O3S. The fourth-order valence-corrected chi connectivity index (χ4v) is 5.80. The van der Waals surface area contributed by atoms with Gasteiger partial charge in [0.25, 0.3) is 0 Å². The summed E-state index contributed by atoms with van der Waals surface area (Å²) in [6.45, 7) is 6.46. The minimum Gasteiger partial charge on any atom is -0.378 e. The maximum Gasteiger partial charge on any atom is 0.320 e. The van der Waals surface area contributed by atoms with Crippen molar-refractivity contribution < 1.29 is 14.3 Å². The molecule has 0 aliphatic carbocycles. The van der Waals surface area contributed by atoms with Crippen molar-refractivity contribution in [2.75, 3.05) is 59.5 Å². The summed E-state index contributed by atoms with van der Waals surface area (Å²) >= 11 is 1.67. The molecule has 1 spiro atoms. The summed E-state index contributed by atoms with van der Waals surface area (Å²) in [5.41, 5.74) is -0.0334. The lowest BCUT2D eigenvalue weighted by atomic mass is 9.72. The van der Waals surface area contributed by atoms with Gasteiger partial charge in [-0.25, -0.2) is 4.79 Å². The number of ether oxygens (including phenoxy) is 1. The summed E-state index contributed by atoms with van der Waals surface area (Å²) in [5.74, 6) is 0.154. The smallest absolute Gasteiger partial charge is 0.320 e. The number of hydrogen-bond donors (Lipinski definition) is 1. The number of urea groups is 1. The average Bonchev–Trinajstić information content (AvgIpc) is 3.31. The molecule has 29 heavy (non-hydrogen) atoms. The molecule has 3 amide bonds. The number of nitrogens with zero attached hydrogens (tertiary/aromatic N) is 3. The van der Waals surface area contributed by atoms with Crippen molar-refractivity contribution in [2.24, 2.45) is 11.3 Å². The van der Waals surface area contributed by atoms with Crippen molar-refractivity contribution in [2.45, 2.75) is 25.8 Å². The molecule has 0 radical (unpaired) electrons. The van der Waals surface area contributed by atoms with Crippen molar-refractivity contribution >= 4 is 23.3 Å². The van der Waals surface area contributed by atoms with Gasteiger partial charge in [-0.05, 0) is 43.2 Å². The minimum absolute atomic E-state index is 0.00843. The lowest BCUT2D eigenvalue weighted by Gasteiger charge is -2.34. The maximum absolute atomic E-state index is 13.1. The first-order chi connectivity index (χ1) is 14.1. The molecular weight excluding hydrogens is 388 g/mol. The minimum atomic E-state index is -0.0334. The molecule has 7 nitrogen and oxygen atoms in total. The molecule has 1 N–H and O–H groups in total. The molecule has 8 heteroatoms. The van der Waals surface area contributed by atoms with Gasteiger partial charge in [0.05, 0.1) is 25.7 Å². The van der Waals surface area contributed by atoms with Crippen LogP contribution in [0.3, 0.4) is 0 Å². The largest absolute Gasteiger partial charge is 0.378 e. The lowest BCUT2D eigenvalue weighted by molar-refractivity contribution is -0.128. The normalized spacial score (nSPS) is 28.5. The van der Waals surface area contributed by atoms with Crippen LogP contribution in [0.4, 0.5) is 4.79 Å². The monoisotopic (exact) mass is 420 g/mol. The molecule has 3 fully saturated rings. The van der Waals surface area contributed by atoms with Crippen molar-refractivity contribution in [3.8, 4) is 0 Å². The van der Waals surface area contributed by atoms with E-state index in [-0.39, 0.29) is 23.3 Å². The Labute approximate surface area is 177 Å². The number of amides is 3. The van der Waals surface area contributed by atoms with Crippen LogP contribution >= 0.6 is 11.3 Å². The molecule has 0 unspecified atom stereocenters. The van der Waals surface area contributed by atoms with E-state index >= 15 is 0 Å². The number of rotatable bonds is 3. The number of carbonyl (C=O) groups is 2. The third-order valence-corrected chi connectivity index (χ3v) is 7.56. The van der Waals surface area contributed by atoms with E-state index in [0.717, 1.165) is 45.4 Å². The quantitative estimate of drug-likeness (QED) is 0.811. The standard InChI is InChI=1S/C21H32N4O3S/c1-23-15-18(19(26)22-14-17-4-2-13-29-17)21(16-23)5-3-7-24(8-6-21)20(27)25-9-11-28-12-10-25/h2,4,13,18H,3,5-12,14-16H2,1H3,(H,22,26)/t18-,21-/m0/s1. The van der Waals surface area contributed by atoms with Crippen molar-refractivity contribution in [1.82, 2.24) is 20.0 Å². The van der Waals surface area contributed by atoms with E-state index in [1.54, 1.807) is 11.3 Å². The van der Waals surface area contributed by atoms with Gasteiger partial charge in [0.2, 0.25) is 5.91 Å². The van der Waals surface area contributed by atoms with Gasteiger partial charge in [0, 0.05) is 44.1 Å². The van der Waals surface area contributed by atoms with Gasteiger partial charge in [-0.1, -0.05) is 6.07 Å². The molecule has 0 saturated carbocycles.